The third-order valence-electron chi connectivity index (χ3n) is 2.82. The minimum absolute atomic E-state index is 0.142. The second kappa shape index (κ2) is 8.21. The van der Waals surface area contributed by atoms with Crippen molar-refractivity contribution in [3.05, 3.63) is 56.7 Å². The number of halogens is 2. The summed E-state index contributed by atoms with van der Waals surface area (Å²) < 4.78 is 11.4. The van der Waals surface area contributed by atoms with E-state index in [1.54, 1.807) is 31.2 Å². The summed E-state index contributed by atoms with van der Waals surface area (Å²) in [5.74, 6) is -0.459. The molecule has 0 radical (unpaired) electrons. The van der Waals surface area contributed by atoms with Crippen molar-refractivity contribution in [2.45, 2.75) is 13.3 Å². The van der Waals surface area contributed by atoms with E-state index in [4.69, 9.17) is 9.47 Å². The zero-order valence-corrected chi connectivity index (χ0v) is 15.4. The lowest BCUT2D eigenvalue weighted by molar-refractivity contribution is -0.142. The Hall–Kier alpha value is -1.73. The van der Waals surface area contributed by atoms with Crippen molar-refractivity contribution in [2.75, 3.05) is 6.61 Å². The van der Waals surface area contributed by atoms with Gasteiger partial charge in [0.15, 0.2) is 5.75 Å². The third-order valence-corrected chi connectivity index (χ3v) is 4.00. The van der Waals surface area contributed by atoms with Gasteiger partial charge in [0.25, 0.3) is 0 Å². The number of benzene rings is 1. The van der Waals surface area contributed by atoms with Gasteiger partial charge in [-0.2, -0.15) is 0 Å². The maximum atomic E-state index is 12.1. The van der Waals surface area contributed by atoms with Gasteiger partial charge in [-0.25, -0.2) is 4.79 Å². The van der Waals surface area contributed by atoms with E-state index < -0.39 is 5.97 Å². The van der Waals surface area contributed by atoms with Crippen molar-refractivity contribution in [3.63, 3.8) is 0 Å². The Kier molecular flexibility index (Phi) is 6.29. The first-order chi connectivity index (χ1) is 11.0. The predicted molar refractivity (Wildman–Crippen MR) is 91.4 cm³/mol. The molecule has 0 unspecified atom stereocenters. The topological polar surface area (TPSA) is 65.5 Å². The molecule has 5 nitrogen and oxygen atoms in total. The molecule has 0 spiro atoms. The summed E-state index contributed by atoms with van der Waals surface area (Å²) in [5.41, 5.74) is 1.14. The second-order valence-corrected chi connectivity index (χ2v) is 6.20. The second-order valence-electron chi connectivity index (χ2n) is 4.50. The molecule has 2 aromatic rings. The zero-order valence-electron chi connectivity index (χ0n) is 12.2. The van der Waals surface area contributed by atoms with Gasteiger partial charge in [-0.15, -0.1) is 0 Å². The van der Waals surface area contributed by atoms with Crippen LogP contribution in [0.4, 0.5) is 0 Å². The van der Waals surface area contributed by atoms with E-state index in [9.17, 15) is 9.59 Å². The van der Waals surface area contributed by atoms with E-state index in [1.165, 1.54) is 12.4 Å². The SMILES string of the molecule is CCOC(=O)Cc1cc(Br)c(OC(=O)c2ccncc2)c(Br)c1. The van der Waals surface area contributed by atoms with E-state index >= 15 is 0 Å². The molecule has 120 valence electrons. The Labute approximate surface area is 150 Å². The molecule has 0 aliphatic carbocycles. The zero-order chi connectivity index (χ0) is 16.8. The Balaban J connectivity index is 2.17. The van der Waals surface area contributed by atoms with Gasteiger partial charge < -0.3 is 9.47 Å². The van der Waals surface area contributed by atoms with E-state index in [2.05, 4.69) is 36.8 Å². The summed E-state index contributed by atoms with van der Waals surface area (Å²) in [6, 6.07) is 6.58. The van der Waals surface area contributed by atoms with Crippen molar-refractivity contribution < 1.29 is 19.1 Å². The summed E-state index contributed by atoms with van der Waals surface area (Å²) in [6.07, 6.45) is 3.18. The summed E-state index contributed by atoms with van der Waals surface area (Å²) in [7, 11) is 0. The Bertz CT molecular complexity index is 696. The molecule has 0 saturated carbocycles. The fraction of sp³-hybridized carbons (Fsp3) is 0.188. The number of carbonyl (C=O) groups is 2. The summed E-state index contributed by atoms with van der Waals surface area (Å²) in [5, 5.41) is 0. The van der Waals surface area contributed by atoms with Gasteiger partial charge >= 0.3 is 11.9 Å². The lowest BCUT2D eigenvalue weighted by atomic mass is 10.1. The first kappa shape index (κ1) is 17.6. The largest absolute Gasteiger partial charge is 0.466 e. The fourth-order valence-electron chi connectivity index (χ4n) is 1.83. The van der Waals surface area contributed by atoms with Crippen LogP contribution in [0.2, 0.25) is 0 Å². The number of nitrogens with zero attached hydrogens (tertiary/aromatic N) is 1. The van der Waals surface area contributed by atoms with Crippen molar-refractivity contribution in [3.8, 4) is 5.75 Å². The van der Waals surface area contributed by atoms with Crippen LogP contribution in [0, 0.1) is 0 Å². The van der Waals surface area contributed by atoms with Crippen LogP contribution in [-0.2, 0) is 16.0 Å². The number of ether oxygens (including phenoxy) is 2. The molecule has 0 bridgehead atoms. The van der Waals surface area contributed by atoms with Crippen molar-refractivity contribution in [1.29, 1.82) is 0 Å². The highest BCUT2D eigenvalue weighted by Crippen LogP contribution is 2.35. The summed E-state index contributed by atoms with van der Waals surface area (Å²) in [6.45, 7) is 2.09. The number of hydrogen-bond donors (Lipinski definition) is 0. The van der Waals surface area contributed by atoms with Gasteiger partial charge in [0.2, 0.25) is 0 Å². The smallest absolute Gasteiger partial charge is 0.343 e. The number of carbonyl (C=O) groups excluding carboxylic acids is 2. The first-order valence-electron chi connectivity index (χ1n) is 6.77. The first-order valence-corrected chi connectivity index (χ1v) is 8.35. The monoisotopic (exact) mass is 441 g/mol. The van der Waals surface area contributed by atoms with Crippen LogP contribution in [0.3, 0.4) is 0 Å². The van der Waals surface area contributed by atoms with Crippen LogP contribution in [0.1, 0.15) is 22.8 Å². The van der Waals surface area contributed by atoms with Gasteiger partial charge in [0.1, 0.15) is 0 Å². The molecule has 0 N–H and O–H groups in total. The highest BCUT2D eigenvalue weighted by Gasteiger charge is 2.16. The molecule has 23 heavy (non-hydrogen) atoms. The number of pyridine rings is 1. The van der Waals surface area contributed by atoms with E-state index in [-0.39, 0.29) is 12.4 Å². The van der Waals surface area contributed by atoms with E-state index in [1.807, 2.05) is 0 Å². The van der Waals surface area contributed by atoms with E-state index in [0.717, 1.165) is 5.56 Å². The van der Waals surface area contributed by atoms with Crippen LogP contribution in [0.5, 0.6) is 5.75 Å². The molecule has 1 aromatic carbocycles. The van der Waals surface area contributed by atoms with Crippen LogP contribution < -0.4 is 4.74 Å². The molecule has 2 rings (SSSR count). The van der Waals surface area contributed by atoms with Crippen LogP contribution in [-0.4, -0.2) is 23.5 Å². The molecule has 1 aromatic heterocycles. The fourth-order valence-corrected chi connectivity index (χ4v) is 3.27. The maximum absolute atomic E-state index is 12.1. The third kappa shape index (κ3) is 4.87. The molecular formula is C16H13Br2NO4. The molecule has 0 atom stereocenters. The lowest BCUT2D eigenvalue weighted by Gasteiger charge is -2.11. The molecule has 0 fully saturated rings. The number of esters is 2. The quantitative estimate of drug-likeness (QED) is 0.518. The van der Waals surface area contributed by atoms with Gasteiger partial charge in [-0.05, 0) is 68.6 Å². The normalized spacial score (nSPS) is 10.2. The van der Waals surface area contributed by atoms with Crippen LogP contribution >= 0.6 is 31.9 Å². The molecule has 0 aliphatic rings. The Morgan fingerprint density at radius 1 is 1.13 bits per heavy atom. The molecule has 1 heterocycles. The number of rotatable bonds is 5. The van der Waals surface area contributed by atoms with Crippen molar-refractivity contribution in [1.82, 2.24) is 4.98 Å². The van der Waals surface area contributed by atoms with Crippen LogP contribution in [0.15, 0.2) is 45.6 Å². The Morgan fingerprint density at radius 2 is 1.74 bits per heavy atom. The Morgan fingerprint density at radius 3 is 2.30 bits per heavy atom. The molecule has 7 heteroatoms. The average Bonchev–Trinajstić information content (AvgIpc) is 2.52. The number of hydrogen-bond acceptors (Lipinski definition) is 5. The summed E-state index contributed by atoms with van der Waals surface area (Å²) >= 11 is 6.71. The number of aromatic nitrogens is 1. The van der Waals surface area contributed by atoms with Gasteiger partial charge in [0, 0.05) is 12.4 Å². The minimum Gasteiger partial charge on any atom is -0.466 e. The van der Waals surface area contributed by atoms with E-state index in [0.29, 0.717) is 26.9 Å². The molecule has 0 saturated heterocycles. The molecule has 0 amide bonds. The van der Waals surface area contributed by atoms with Crippen LogP contribution in [0.25, 0.3) is 0 Å². The highest BCUT2D eigenvalue weighted by molar-refractivity contribution is 9.11. The standard InChI is InChI=1S/C16H13Br2NO4/c1-2-22-14(20)9-10-7-12(17)15(13(18)8-10)23-16(21)11-3-5-19-6-4-11/h3-8H,2,9H2,1H3. The van der Waals surface area contributed by atoms with Gasteiger partial charge in [0.05, 0.1) is 27.5 Å². The van der Waals surface area contributed by atoms with Gasteiger partial charge in [-0.1, -0.05) is 0 Å². The van der Waals surface area contributed by atoms with Crippen molar-refractivity contribution >= 4 is 43.8 Å². The predicted octanol–water partition coefficient (Wildman–Crippen LogP) is 3.93. The minimum atomic E-state index is -0.494. The summed E-state index contributed by atoms with van der Waals surface area (Å²) in [4.78, 5) is 27.5. The maximum Gasteiger partial charge on any atom is 0.343 e. The highest BCUT2D eigenvalue weighted by atomic mass is 79.9. The molecule has 0 aliphatic heterocycles. The molecular weight excluding hydrogens is 430 g/mol. The van der Waals surface area contributed by atoms with Crippen molar-refractivity contribution in [2.24, 2.45) is 0 Å². The lowest BCUT2D eigenvalue weighted by Crippen LogP contribution is -2.10. The van der Waals surface area contributed by atoms with Gasteiger partial charge in [-0.3, -0.25) is 9.78 Å². The average molecular weight is 443 g/mol.